The monoisotopic (exact) mass is 251 g/mol. The average Bonchev–Trinajstić information content (AvgIpc) is 2.68. The van der Waals surface area contributed by atoms with E-state index < -0.39 is 6.55 Å². The summed E-state index contributed by atoms with van der Waals surface area (Å²) in [6, 6.07) is 1.96. The average molecular weight is 252 g/mol. The Morgan fingerprint density at radius 2 is 1.94 bits per heavy atom. The van der Waals surface area contributed by atoms with Gasteiger partial charge in [-0.05, 0) is 31.7 Å². The molecule has 0 bridgehead atoms. The molecule has 0 atom stereocenters. The molecule has 1 fully saturated rings. The molecule has 0 saturated heterocycles. The zero-order valence-corrected chi connectivity index (χ0v) is 9.67. The van der Waals surface area contributed by atoms with Crippen molar-refractivity contribution in [1.82, 2.24) is 9.78 Å². The van der Waals surface area contributed by atoms with Crippen molar-refractivity contribution in [1.29, 1.82) is 0 Å². The fraction of sp³-hybridized carbons (Fsp3) is 0.700. The van der Waals surface area contributed by atoms with Gasteiger partial charge < -0.3 is 5.73 Å². The number of hydrogen-bond donors (Lipinski definition) is 1. The van der Waals surface area contributed by atoms with Gasteiger partial charge in [-0.2, -0.15) is 13.9 Å². The first-order chi connectivity index (χ1) is 7.16. The van der Waals surface area contributed by atoms with Gasteiger partial charge in [0, 0.05) is 18.2 Å². The van der Waals surface area contributed by atoms with Crippen molar-refractivity contribution in [3.8, 4) is 0 Å². The van der Waals surface area contributed by atoms with Crippen molar-refractivity contribution >= 4 is 12.4 Å². The zero-order valence-electron chi connectivity index (χ0n) is 8.85. The highest BCUT2D eigenvalue weighted by Crippen LogP contribution is 2.31. The van der Waals surface area contributed by atoms with Crippen molar-refractivity contribution < 1.29 is 8.78 Å². The molecule has 1 aromatic rings. The topological polar surface area (TPSA) is 43.8 Å². The fourth-order valence-electron chi connectivity index (χ4n) is 2.09. The van der Waals surface area contributed by atoms with Crippen molar-refractivity contribution in [3.05, 3.63) is 18.0 Å². The lowest BCUT2D eigenvalue weighted by Gasteiger charge is -2.24. The van der Waals surface area contributed by atoms with Crippen LogP contribution in [-0.4, -0.2) is 15.8 Å². The van der Waals surface area contributed by atoms with E-state index in [1.807, 2.05) is 0 Å². The Balaban J connectivity index is 0.00000128. The third kappa shape index (κ3) is 2.92. The maximum atomic E-state index is 12.3. The molecule has 6 heteroatoms. The summed E-state index contributed by atoms with van der Waals surface area (Å²) in [5, 5.41) is 3.88. The highest BCUT2D eigenvalue weighted by atomic mass is 35.5. The molecule has 3 nitrogen and oxygen atoms in total. The first-order valence-electron chi connectivity index (χ1n) is 5.25. The number of nitrogens with two attached hydrogens (primary N) is 1. The molecule has 2 N–H and O–H groups in total. The van der Waals surface area contributed by atoms with Crippen LogP contribution in [0.1, 0.15) is 43.8 Å². The highest BCUT2D eigenvalue weighted by Gasteiger charge is 2.22. The molecule has 1 aliphatic rings. The molecule has 0 unspecified atom stereocenters. The Morgan fingerprint density at radius 1 is 1.31 bits per heavy atom. The van der Waals surface area contributed by atoms with Crippen molar-refractivity contribution in [2.75, 3.05) is 0 Å². The molecule has 1 heterocycles. The Morgan fingerprint density at radius 3 is 2.44 bits per heavy atom. The van der Waals surface area contributed by atoms with Gasteiger partial charge in [-0.3, -0.25) is 0 Å². The van der Waals surface area contributed by atoms with E-state index in [9.17, 15) is 8.78 Å². The van der Waals surface area contributed by atoms with Crippen LogP contribution in [0.3, 0.4) is 0 Å². The molecular weight excluding hydrogens is 236 g/mol. The van der Waals surface area contributed by atoms with Gasteiger partial charge in [0.15, 0.2) is 0 Å². The molecule has 16 heavy (non-hydrogen) atoms. The minimum atomic E-state index is -2.54. The number of hydrogen-bond acceptors (Lipinski definition) is 2. The molecule has 0 aromatic carbocycles. The summed E-state index contributed by atoms with van der Waals surface area (Å²) in [6.07, 6.45) is 5.19. The number of rotatable bonds is 2. The molecule has 2 rings (SSSR count). The number of nitrogens with zero attached hydrogens (tertiary/aromatic N) is 2. The fourth-order valence-corrected chi connectivity index (χ4v) is 2.09. The minimum Gasteiger partial charge on any atom is -0.328 e. The Bertz CT molecular complexity index is 322. The van der Waals surface area contributed by atoms with Crippen LogP contribution in [0, 0.1) is 0 Å². The second kappa shape index (κ2) is 5.59. The molecule has 1 aliphatic carbocycles. The largest absolute Gasteiger partial charge is 0.333 e. The minimum absolute atomic E-state index is 0. The van der Waals surface area contributed by atoms with E-state index in [2.05, 4.69) is 5.10 Å². The van der Waals surface area contributed by atoms with E-state index in [4.69, 9.17) is 5.73 Å². The lowest BCUT2D eigenvalue weighted by molar-refractivity contribution is 0.0559. The summed E-state index contributed by atoms with van der Waals surface area (Å²) in [6.45, 7) is -2.54. The standard InChI is InChI=1S/C10H15F2N3.ClH/c11-10(12)15-6-5-9(14-15)7-1-3-8(13)4-2-7;/h5-8,10H,1-4,13H2;1H. The lowest BCUT2D eigenvalue weighted by Crippen LogP contribution is -2.25. The van der Waals surface area contributed by atoms with Crippen LogP contribution in [0.25, 0.3) is 0 Å². The van der Waals surface area contributed by atoms with Gasteiger partial charge in [-0.1, -0.05) is 0 Å². The zero-order chi connectivity index (χ0) is 10.8. The highest BCUT2D eigenvalue weighted by molar-refractivity contribution is 5.85. The van der Waals surface area contributed by atoms with Crippen LogP contribution in [0.4, 0.5) is 8.78 Å². The first-order valence-corrected chi connectivity index (χ1v) is 5.25. The van der Waals surface area contributed by atoms with Gasteiger partial charge in [-0.25, -0.2) is 4.68 Å². The maximum absolute atomic E-state index is 12.3. The van der Waals surface area contributed by atoms with Crippen LogP contribution in [0.15, 0.2) is 12.3 Å². The second-order valence-corrected chi connectivity index (χ2v) is 4.11. The van der Waals surface area contributed by atoms with E-state index >= 15 is 0 Å². The summed E-state index contributed by atoms with van der Waals surface area (Å²) in [4.78, 5) is 0. The Labute approximate surface area is 99.4 Å². The number of halogens is 3. The first kappa shape index (κ1) is 13.4. The summed E-state index contributed by atoms with van der Waals surface area (Å²) >= 11 is 0. The molecule has 0 aliphatic heterocycles. The van der Waals surface area contributed by atoms with Gasteiger partial charge in [0.1, 0.15) is 0 Å². The maximum Gasteiger partial charge on any atom is 0.333 e. The van der Waals surface area contributed by atoms with Gasteiger partial charge in [0.2, 0.25) is 0 Å². The Hall–Kier alpha value is -0.680. The SMILES string of the molecule is Cl.NC1CCC(c2ccn(C(F)F)n2)CC1. The molecule has 0 radical (unpaired) electrons. The third-order valence-corrected chi connectivity index (χ3v) is 3.02. The molecular formula is C10H16ClF2N3. The van der Waals surface area contributed by atoms with E-state index in [1.54, 1.807) is 6.07 Å². The van der Waals surface area contributed by atoms with E-state index in [1.165, 1.54) is 6.20 Å². The molecule has 0 amide bonds. The molecule has 0 spiro atoms. The molecule has 1 saturated carbocycles. The van der Waals surface area contributed by atoms with Gasteiger partial charge in [0.25, 0.3) is 0 Å². The van der Waals surface area contributed by atoms with Crippen LogP contribution in [0.2, 0.25) is 0 Å². The van der Waals surface area contributed by atoms with Crippen molar-refractivity contribution in [3.63, 3.8) is 0 Å². The van der Waals surface area contributed by atoms with Crippen LogP contribution >= 0.6 is 12.4 Å². The predicted molar refractivity (Wildman–Crippen MR) is 59.9 cm³/mol. The summed E-state index contributed by atoms with van der Waals surface area (Å²) in [5.74, 6) is 0.310. The lowest BCUT2D eigenvalue weighted by atomic mass is 9.85. The molecule has 1 aromatic heterocycles. The van der Waals surface area contributed by atoms with E-state index in [0.717, 1.165) is 31.4 Å². The van der Waals surface area contributed by atoms with E-state index in [0.29, 0.717) is 10.6 Å². The number of aromatic nitrogens is 2. The third-order valence-electron chi connectivity index (χ3n) is 3.02. The van der Waals surface area contributed by atoms with Gasteiger partial charge >= 0.3 is 6.55 Å². The summed E-state index contributed by atoms with van der Waals surface area (Å²) in [5.41, 5.74) is 6.56. The summed E-state index contributed by atoms with van der Waals surface area (Å²) in [7, 11) is 0. The normalized spacial score (nSPS) is 25.5. The van der Waals surface area contributed by atoms with Crippen molar-refractivity contribution in [2.45, 2.75) is 44.2 Å². The van der Waals surface area contributed by atoms with Crippen LogP contribution < -0.4 is 5.73 Å². The van der Waals surface area contributed by atoms with Crippen molar-refractivity contribution in [2.24, 2.45) is 5.73 Å². The van der Waals surface area contributed by atoms with Crippen LogP contribution in [-0.2, 0) is 0 Å². The number of alkyl halides is 2. The van der Waals surface area contributed by atoms with E-state index in [-0.39, 0.29) is 18.4 Å². The Kier molecular flexibility index (Phi) is 4.68. The predicted octanol–water partition coefficient (Wildman–Crippen LogP) is 2.68. The van der Waals surface area contributed by atoms with Gasteiger partial charge in [0.05, 0.1) is 5.69 Å². The quantitative estimate of drug-likeness (QED) is 0.878. The molecule has 92 valence electrons. The second-order valence-electron chi connectivity index (χ2n) is 4.11. The van der Waals surface area contributed by atoms with Gasteiger partial charge in [-0.15, -0.1) is 12.4 Å². The summed E-state index contributed by atoms with van der Waals surface area (Å²) < 4.78 is 25.3. The smallest absolute Gasteiger partial charge is 0.328 e. The van der Waals surface area contributed by atoms with Crippen LogP contribution in [0.5, 0.6) is 0 Å².